The number of thioether (sulfide) groups is 1. The van der Waals surface area contributed by atoms with E-state index in [4.69, 9.17) is 14.0 Å². The summed E-state index contributed by atoms with van der Waals surface area (Å²) in [6.07, 6.45) is 4.11. The minimum Gasteiger partial charge on any atom is -0.497 e. The smallest absolute Gasteiger partial charge is 0.239 e. The summed E-state index contributed by atoms with van der Waals surface area (Å²) < 4.78 is 18.8. The molecule has 4 rings (SSSR count). The highest BCUT2D eigenvalue weighted by Gasteiger charge is 2.24. The number of nitrogens with zero attached hydrogens (tertiary/aromatic N) is 5. The zero-order chi connectivity index (χ0) is 20.9. The number of aromatic nitrogens is 5. The van der Waals surface area contributed by atoms with Crippen LogP contribution >= 0.6 is 11.8 Å². The number of benzene rings is 1. The van der Waals surface area contributed by atoms with Crippen LogP contribution in [-0.4, -0.2) is 44.7 Å². The van der Waals surface area contributed by atoms with Crippen LogP contribution in [0.4, 0.5) is 0 Å². The summed E-state index contributed by atoms with van der Waals surface area (Å²) in [6.45, 7) is 5.68. The molecule has 0 bridgehead atoms. The highest BCUT2D eigenvalue weighted by atomic mass is 32.2. The Morgan fingerprint density at radius 2 is 2.10 bits per heavy atom. The predicted molar refractivity (Wildman–Crippen MR) is 114 cm³/mol. The number of methoxy groups -OCH3 is 1. The van der Waals surface area contributed by atoms with Gasteiger partial charge in [0.05, 0.1) is 25.0 Å². The summed E-state index contributed by atoms with van der Waals surface area (Å²) in [4.78, 5) is 4.52. The monoisotopic (exact) mass is 429 g/mol. The van der Waals surface area contributed by atoms with Crippen LogP contribution in [0.2, 0.25) is 0 Å². The lowest BCUT2D eigenvalue weighted by Gasteiger charge is -2.15. The van der Waals surface area contributed by atoms with Crippen LogP contribution < -0.4 is 4.74 Å². The summed E-state index contributed by atoms with van der Waals surface area (Å²) in [6, 6.07) is 7.87. The van der Waals surface area contributed by atoms with Crippen LogP contribution in [0.25, 0.3) is 11.4 Å². The minimum atomic E-state index is -0.0285. The second-order valence-corrected chi connectivity index (χ2v) is 8.65. The molecular formula is C21H27N5O3S. The van der Waals surface area contributed by atoms with Gasteiger partial charge in [-0.15, -0.1) is 10.2 Å². The molecular weight excluding hydrogens is 402 g/mol. The molecule has 1 aliphatic heterocycles. The topological polar surface area (TPSA) is 88.1 Å². The second-order valence-electron chi connectivity index (χ2n) is 7.34. The Balaban J connectivity index is 1.59. The fraction of sp³-hybridized carbons (Fsp3) is 0.524. The maximum absolute atomic E-state index is 5.88. The molecule has 9 heteroatoms. The Hall–Kier alpha value is -2.39. The summed E-state index contributed by atoms with van der Waals surface area (Å²) in [7, 11) is 1.66. The first kappa shape index (κ1) is 20.9. The molecule has 0 radical (unpaired) electrons. The van der Waals surface area contributed by atoms with Crippen LogP contribution in [0, 0.1) is 0 Å². The van der Waals surface area contributed by atoms with Crippen LogP contribution in [0.15, 0.2) is 33.9 Å². The van der Waals surface area contributed by atoms with Crippen molar-refractivity contribution in [1.82, 2.24) is 24.9 Å². The fourth-order valence-corrected chi connectivity index (χ4v) is 4.34. The van der Waals surface area contributed by atoms with E-state index in [1.807, 2.05) is 31.2 Å². The number of hydrogen-bond acceptors (Lipinski definition) is 8. The van der Waals surface area contributed by atoms with Crippen LogP contribution in [0.5, 0.6) is 5.75 Å². The standard InChI is InChI=1S/C21H27N5O3S/c1-4-6-18-22-20(29-25-18)14(2)30-21-24-23-19(15-8-10-16(27-3)11-9-15)26(21)13-17-7-5-12-28-17/h8-11,14,17H,4-7,12-13H2,1-3H3. The molecule has 8 nitrogen and oxygen atoms in total. The van der Waals surface area contributed by atoms with Gasteiger partial charge in [0.25, 0.3) is 0 Å². The van der Waals surface area contributed by atoms with Gasteiger partial charge in [-0.05, 0) is 50.5 Å². The van der Waals surface area contributed by atoms with E-state index >= 15 is 0 Å². The third-order valence-electron chi connectivity index (χ3n) is 5.06. The normalized spacial score (nSPS) is 17.4. The lowest BCUT2D eigenvalue weighted by Crippen LogP contribution is -2.16. The molecule has 2 aromatic heterocycles. The van der Waals surface area contributed by atoms with Gasteiger partial charge >= 0.3 is 0 Å². The number of rotatable bonds is 9. The van der Waals surface area contributed by atoms with E-state index in [1.54, 1.807) is 18.9 Å². The first-order chi connectivity index (χ1) is 14.7. The molecule has 0 saturated carbocycles. The van der Waals surface area contributed by atoms with Crippen molar-refractivity contribution in [2.24, 2.45) is 0 Å². The summed E-state index contributed by atoms with van der Waals surface area (Å²) in [5.74, 6) is 2.99. The van der Waals surface area contributed by atoms with Crippen LogP contribution in [-0.2, 0) is 17.7 Å². The summed E-state index contributed by atoms with van der Waals surface area (Å²) in [5.41, 5.74) is 0.990. The maximum atomic E-state index is 5.88. The van der Waals surface area contributed by atoms with E-state index in [2.05, 4.69) is 31.8 Å². The first-order valence-electron chi connectivity index (χ1n) is 10.4. The van der Waals surface area contributed by atoms with Crippen molar-refractivity contribution in [3.8, 4) is 17.1 Å². The van der Waals surface area contributed by atoms with E-state index in [0.29, 0.717) is 12.4 Å². The Bertz CT molecular complexity index is 950. The molecule has 2 atom stereocenters. The van der Waals surface area contributed by atoms with E-state index in [-0.39, 0.29) is 11.4 Å². The number of aryl methyl sites for hydroxylation is 1. The van der Waals surface area contributed by atoms with Gasteiger partial charge in [0.15, 0.2) is 16.8 Å². The molecule has 2 unspecified atom stereocenters. The molecule has 160 valence electrons. The summed E-state index contributed by atoms with van der Waals surface area (Å²) >= 11 is 1.57. The van der Waals surface area contributed by atoms with Crippen molar-refractivity contribution >= 4 is 11.8 Å². The van der Waals surface area contributed by atoms with Gasteiger partial charge in [-0.3, -0.25) is 4.57 Å². The van der Waals surface area contributed by atoms with Crippen molar-refractivity contribution in [2.45, 2.75) is 62.6 Å². The lowest BCUT2D eigenvalue weighted by molar-refractivity contribution is 0.0953. The molecule has 30 heavy (non-hydrogen) atoms. The van der Waals surface area contributed by atoms with E-state index in [1.165, 1.54) is 0 Å². The van der Waals surface area contributed by atoms with Gasteiger partial charge in [-0.25, -0.2) is 0 Å². The van der Waals surface area contributed by atoms with E-state index in [9.17, 15) is 0 Å². The predicted octanol–water partition coefficient (Wildman–Crippen LogP) is 4.32. The van der Waals surface area contributed by atoms with E-state index < -0.39 is 0 Å². The molecule has 1 aromatic carbocycles. The molecule has 3 aromatic rings. The Morgan fingerprint density at radius 3 is 2.80 bits per heavy atom. The highest BCUT2D eigenvalue weighted by Crippen LogP contribution is 2.35. The average Bonchev–Trinajstić information content (AvgIpc) is 3.51. The molecule has 1 aliphatic rings. The van der Waals surface area contributed by atoms with Gasteiger partial charge in [-0.2, -0.15) is 4.98 Å². The van der Waals surface area contributed by atoms with Crippen molar-refractivity contribution in [3.05, 3.63) is 36.0 Å². The van der Waals surface area contributed by atoms with Crippen molar-refractivity contribution in [3.63, 3.8) is 0 Å². The third kappa shape index (κ3) is 4.67. The van der Waals surface area contributed by atoms with Crippen LogP contribution in [0.3, 0.4) is 0 Å². The molecule has 1 fully saturated rings. The molecule has 0 N–H and O–H groups in total. The van der Waals surface area contributed by atoms with Gasteiger partial charge in [0.2, 0.25) is 5.89 Å². The van der Waals surface area contributed by atoms with E-state index in [0.717, 1.165) is 60.4 Å². The zero-order valence-corrected chi connectivity index (χ0v) is 18.4. The van der Waals surface area contributed by atoms with Gasteiger partial charge in [0, 0.05) is 18.6 Å². The maximum Gasteiger partial charge on any atom is 0.239 e. The Kier molecular flexibility index (Phi) is 6.69. The first-order valence-corrected chi connectivity index (χ1v) is 11.2. The number of ether oxygens (including phenoxy) is 2. The quantitative estimate of drug-likeness (QED) is 0.465. The lowest BCUT2D eigenvalue weighted by atomic mass is 10.2. The van der Waals surface area contributed by atoms with Crippen molar-refractivity contribution < 1.29 is 14.0 Å². The minimum absolute atomic E-state index is 0.0285. The molecule has 1 saturated heterocycles. The largest absolute Gasteiger partial charge is 0.497 e. The summed E-state index contributed by atoms with van der Waals surface area (Å²) in [5, 5.41) is 13.8. The van der Waals surface area contributed by atoms with Crippen LogP contribution in [0.1, 0.15) is 50.1 Å². The van der Waals surface area contributed by atoms with Gasteiger partial charge in [-0.1, -0.05) is 23.8 Å². The fourth-order valence-electron chi connectivity index (χ4n) is 3.45. The SMILES string of the molecule is CCCc1noc(C(C)Sc2nnc(-c3ccc(OC)cc3)n2CC2CCCO2)n1. The van der Waals surface area contributed by atoms with Gasteiger partial charge in [0.1, 0.15) is 5.75 Å². The van der Waals surface area contributed by atoms with Crippen molar-refractivity contribution in [2.75, 3.05) is 13.7 Å². The highest BCUT2D eigenvalue weighted by molar-refractivity contribution is 7.99. The molecule has 0 amide bonds. The third-order valence-corrected chi connectivity index (χ3v) is 6.13. The number of hydrogen-bond donors (Lipinski definition) is 0. The molecule has 0 aliphatic carbocycles. The molecule has 3 heterocycles. The van der Waals surface area contributed by atoms with Crippen molar-refractivity contribution in [1.29, 1.82) is 0 Å². The Labute approximate surface area is 180 Å². The Morgan fingerprint density at radius 1 is 1.27 bits per heavy atom. The zero-order valence-electron chi connectivity index (χ0n) is 17.6. The average molecular weight is 430 g/mol. The second kappa shape index (κ2) is 9.61. The van der Waals surface area contributed by atoms with Gasteiger partial charge < -0.3 is 14.0 Å². The molecule has 0 spiro atoms.